The van der Waals surface area contributed by atoms with Crippen LogP contribution >= 0.6 is 7.82 Å². The number of carbonyl (C=O) groups is 2. The van der Waals surface area contributed by atoms with Gasteiger partial charge < -0.3 is 24.6 Å². The van der Waals surface area contributed by atoms with Crippen molar-refractivity contribution in [3.63, 3.8) is 0 Å². The van der Waals surface area contributed by atoms with Crippen LogP contribution in [0, 0.1) is 0 Å². The number of carbonyl (C=O) groups excluding carboxylic acids is 2. The molecule has 0 spiro atoms. The van der Waals surface area contributed by atoms with Crippen LogP contribution in [0.15, 0.2) is 48.6 Å². The third kappa shape index (κ3) is 41.9. The Hall–Kier alpha value is -2.07. The summed E-state index contributed by atoms with van der Waals surface area (Å²) in [5.74, 6) is -0.928. The molecular formula is C46H83O10P. The average molecular weight is 827 g/mol. The normalized spacial score (nSPS) is 14.3. The molecule has 3 unspecified atom stereocenters. The minimum atomic E-state index is -4.62. The van der Waals surface area contributed by atoms with E-state index in [-0.39, 0.29) is 19.4 Å². The third-order valence-corrected chi connectivity index (χ3v) is 10.4. The minimum Gasteiger partial charge on any atom is -0.462 e. The first-order valence-corrected chi connectivity index (χ1v) is 24.1. The van der Waals surface area contributed by atoms with Gasteiger partial charge >= 0.3 is 19.8 Å². The van der Waals surface area contributed by atoms with E-state index in [0.29, 0.717) is 12.8 Å². The van der Waals surface area contributed by atoms with Crippen molar-refractivity contribution in [1.82, 2.24) is 0 Å². The lowest BCUT2D eigenvalue weighted by molar-refractivity contribution is -0.161. The monoisotopic (exact) mass is 827 g/mol. The van der Waals surface area contributed by atoms with Gasteiger partial charge in [-0.2, -0.15) is 0 Å². The highest BCUT2D eigenvalue weighted by Gasteiger charge is 2.27. The summed E-state index contributed by atoms with van der Waals surface area (Å²) in [6.45, 7) is 2.26. The summed E-state index contributed by atoms with van der Waals surface area (Å²) in [6.07, 6.45) is 45.1. The Morgan fingerprint density at radius 3 is 1.46 bits per heavy atom. The molecule has 0 aliphatic rings. The van der Waals surface area contributed by atoms with E-state index in [9.17, 15) is 24.2 Å². The summed E-state index contributed by atoms with van der Waals surface area (Å²) >= 11 is 0. The number of unbranched alkanes of at least 4 members (excludes halogenated alkanes) is 20. The quantitative estimate of drug-likeness (QED) is 0.0235. The number of hydrogen-bond acceptors (Lipinski definition) is 9. The number of aliphatic hydroxyl groups excluding tert-OH is 2. The van der Waals surface area contributed by atoms with Gasteiger partial charge in [-0.05, 0) is 51.4 Å². The molecule has 0 aliphatic heterocycles. The van der Waals surface area contributed by atoms with Crippen molar-refractivity contribution in [3.05, 3.63) is 48.6 Å². The summed E-state index contributed by atoms with van der Waals surface area (Å²) < 4.78 is 32.7. The maximum absolute atomic E-state index is 12.6. The van der Waals surface area contributed by atoms with Gasteiger partial charge in [0, 0.05) is 12.8 Å². The molecular weight excluding hydrogens is 743 g/mol. The lowest BCUT2D eigenvalue weighted by Gasteiger charge is -2.20. The van der Waals surface area contributed by atoms with Gasteiger partial charge in [0.25, 0.3) is 0 Å². The van der Waals surface area contributed by atoms with Gasteiger partial charge in [0.15, 0.2) is 6.10 Å². The molecule has 3 atom stereocenters. The molecule has 0 heterocycles. The molecule has 10 nitrogen and oxygen atoms in total. The number of phosphoric acid groups is 1. The molecule has 0 aromatic heterocycles. The molecule has 57 heavy (non-hydrogen) atoms. The fourth-order valence-electron chi connectivity index (χ4n) is 6.04. The van der Waals surface area contributed by atoms with Crippen molar-refractivity contribution in [3.8, 4) is 0 Å². The highest BCUT2D eigenvalue weighted by atomic mass is 31.2. The highest BCUT2D eigenvalue weighted by molar-refractivity contribution is 7.47. The van der Waals surface area contributed by atoms with E-state index in [1.165, 1.54) is 83.5 Å². The first kappa shape index (κ1) is 54.9. The number of rotatable bonds is 42. The van der Waals surface area contributed by atoms with Crippen molar-refractivity contribution in [2.24, 2.45) is 0 Å². The van der Waals surface area contributed by atoms with Crippen molar-refractivity contribution >= 4 is 19.8 Å². The molecule has 11 heteroatoms. The van der Waals surface area contributed by atoms with Gasteiger partial charge in [0.2, 0.25) is 0 Å². The smallest absolute Gasteiger partial charge is 0.462 e. The first-order valence-electron chi connectivity index (χ1n) is 22.6. The van der Waals surface area contributed by atoms with E-state index in [0.717, 1.165) is 70.6 Å². The van der Waals surface area contributed by atoms with Crippen LogP contribution in [-0.4, -0.2) is 65.7 Å². The van der Waals surface area contributed by atoms with Gasteiger partial charge in [-0.15, -0.1) is 0 Å². The Labute approximate surface area is 347 Å². The molecule has 0 aromatic rings. The summed E-state index contributed by atoms with van der Waals surface area (Å²) in [7, 11) is -4.62. The zero-order valence-electron chi connectivity index (χ0n) is 36.0. The van der Waals surface area contributed by atoms with Gasteiger partial charge in [-0.1, -0.05) is 178 Å². The maximum Gasteiger partial charge on any atom is 0.472 e. The van der Waals surface area contributed by atoms with Gasteiger partial charge in [0.1, 0.15) is 12.7 Å². The highest BCUT2D eigenvalue weighted by Crippen LogP contribution is 2.43. The predicted molar refractivity (Wildman–Crippen MR) is 233 cm³/mol. The molecule has 332 valence electrons. The predicted octanol–water partition coefficient (Wildman–Crippen LogP) is 12.1. The summed E-state index contributed by atoms with van der Waals surface area (Å²) in [5, 5.41) is 18.3. The SMILES string of the molecule is CC/C=C\C/C=C\C/C=C\C/C=C\CCCCCCCCCCCCC(=O)OC(COC(=O)CCCCCCCCCCCCC)COP(=O)(O)OCC(O)CO. The van der Waals surface area contributed by atoms with Gasteiger partial charge in [-0.3, -0.25) is 18.6 Å². The number of ether oxygens (including phenoxy) is 2. The molecule has 0 rings (SSSR count). The van der Waals surface area contributed by atoms with E-state index < -0.39 is 51.8 Å². The second kappa shape index (κ2) is 42.1. The number of esters is 2. The van der Waals surface area contributed by atoms with Crippen molar-refractivity contribution in [1.29, 1.82) is 0 Å². The molecule has 0 aromatic carbocycles. The maximum atomic E-state index is 12.6. The molecule has 0 bridgehead atoms. The van der Waals surface area contributed by atoms with Crippen molar-refractivity contribution in [2.45, 2.75) is 206 Å². The van der Waals surface area contributed by atoms with E-state index in [2.05, 4.69) is 62.5 Å². The van der Waals surface area contributed by atoms with Crippen LogP contribution < -0.4 is 0 Å². The Kier molecular flexibility index (Phi) is 40.5. The largest absolute Gasteiger partial charge is 0.472 e. The summed E-state index contributed by atoms with van der Waals surface area (Å²) in [6, 6.07) is 0. The third-order valence-electron chi connectivity index (χ3n) is 9.50. The Bertz CT molecular complexity index is 1090. The Morgan fingerprint density at radius 2 is 0.965 bits per heavy atom. The molecule has 0 saturated carbocycles. The molecule has 0 fully saturated rings. The van der Waals surface area contributed by atoms with E-state index in [1.807, 2.05) is 0 Å². The Balaban J connectivity index is 4.20. The standard InChI is InChI=1S/C46H83O10P/c1-3-5-7-9-11-13-15-16-17-18-19-20-21-22-23-24-25-26-28-30-32-34-36-38-46(50)56-44(42-55-57(51,52)54-40-43(48)39-47)41-53-45(49)37-35-33-31-29-27-14-12-10-8-6-4-2/h5,7,11,13,16-17,19-20,43-44,47-48H,3-4,6,8-10,12,14-15,18,21-42H2,1-2H3,(H,51,52)/b7-5-,13-11-,17-16-,20-19-. The zero-order valence-corrected chi connectivity index (χ0v) is 36.9. The lowest BCUT2D eigenvalue weighted by Crippen LogP contribution is -2.29. The Morgan fingerprint density at radius 1 is 0.544 bits per heavy atom. The van der Waals surface area contributed by atoms with Gasteiger partial charge in [0.05, 0.1) is 19.8 Å². The molecule has 0 aliphatic carbocycles. The van der Waals surface area contributed by atoms with Crippen LogP contribution in [0.25, 0.3) is 0 Å². The van der Waals surface area contributed by atoms with Crippen LogP contribution in [0.3, 0.4) is 0 Å². The molecule has 3 N–H and O–H groups in total. The zero-order chi connectivity index (χ0) is 41.9. The molecule has 0 saturated heterocycles. The molecule has 0 amide bonds. The van der Waals surface area contributed by atoms with Crippen molar-refractivity contribution in [2.75, 3.05) is 26.4 Å². The average Bonchev–Trinajstić information content (AvgIpc) is 3.20. The van der Waals surface area contributed by atoms with E-state index in [4.69, 9.17) is 23.6 Å². The second-order valence-corrected chi connectivity index (χ2v) is 16.5. The first-order chi connectivity index (χ1) is 27.7. The van der Waals surface area contributed by atoms with E-state index >= 15 is 0 Å². The fourth-order valence-corrected chi connectivity index (χ4v) is 6.83. The van der Waals surface area contributed by atoms with E-state index in [1.54, 1.807) is 0 Å². The van der Waals surface area contributed by atoms with Crippen LogP contribution in [-0.2, 0) is 32.7 Å². The second-order valence-electron chi connectivity index (χ2n) is 15.1. The topological polar surface area (TPSA) is 149 Å². The number of phosphoric ester groups is 1. The number of allylic oxidation sites excluding steroid dienone is 8. The van der Waals surface area contributed by atoms with Gasteiger partial charge in [-0.25, -0.2) is 4.57 Å². The fraction of sp³-hybridized carbons (Fsp3) is 0.783. The minimum absolute atomic E-state index is 0.179. The number of hydrogen-bond donors (Lipinski definition) is 3. The van der Waals surface area contributed by atoms with Crippen LogP contribution in [0.1, 0.15) is 194 Å². The van der Waals surface area contributed by atoms with Crippen LogP contribution in [0.4, 0.5) is 0 Å². The summed E-state index contributed by atoms with van der Waals surface area (Å²) in [4.78, 5) is 35.0. The lowest BCUT2D eigenvalue weighted by atomic mass is 10.0. The number of aliphatic hydroxyl groups is 2. The van der Waals surface area contributed by atoms with Crippen LogP contribution in [0.2, 0.25) is 0 Å². The van der Waals surface area contributed by atoms with Crippen LogP contribution in [0.5, 0.6) is 0 Å². The van der Waals surface area contributed by atoms with Crippen molar-refractivity contribution < 1.29 is 47.8 Å². The molecule has 0 radical (unpaired) electrons. The summed E-state index contributed by atoms with van der Waals surface area (Å²) in [5.41, 5.74) is 0.